The first-order valence-electron chi connectivity index (χ1n) is 7.99. The number of alkyl halides is 3. The summed E-state index contributed by atoms with van der Waals surface area (Å²) in [5.41, 5.74) is -2.66. The van der Waals surface area contributed by atoms with Crippen LogP contribution in [0.4, 0.5) is 13.2 Å². The first-order valence-corrected chi connectivity index (χ1v) is 8.75. The zero-order chi connectivity index (χ0) is 20.5. The Morgan fingerprint density at radius 2 is 1.96 bits per heavy atom. The summed E-state index contributed by atoms with van der Waals surface area (Å²) in [5, 5.41) is 3.89. The standard InChI is InChI=1S/C17H12Cl2F3N3O3/c1-2-3-9-7-12(25-28-9)15-23-14(17(20,21)22)13(16(26)24-15)27-8-4-5-10(18)11(19)6-8/h4-7H,2-3H2,1H3,(H,23,24,26). The molecule has 2 aromatic heterocycles. The minimum atomic E-state index is -4.95. The van der Waals surface area contributed by atoms with Crippen molar-refractivity contribution in [2.24, 2.45) is 0 Å². The van der Waals surface area contributed by atoms with E-state index in [1.54, 1.807) is 0 Å². The molecule has 2 heterocycles. The highest BCUT2D eigenvalue weighted by atomic mass is 35.5. The molecule has 6 nitrogen and oxygen atoms in total. The molecule has 0 atom stereocenters. The van der Waals surface area contributed by atoms with E-state index in [2.05, 4.69) is 15.1 Å². The highest BCUT2D eigenvalue weighted by Gasteiger charge is 2.39. The second-order valence-corrected chi connectivity index (χ2v) is 6.51. The number of halogens is 5. The fourth-order valence-corrected chi connectivity index (χ4v) is 2.61. The van der Waals surface area contributed by atoms with Crippen LogP contribution >= 0.6 is 23.2 Å². The van der Waals surface area contributed by atoms with Crippen molar-refractivity contribution in [1.82, 2.24) is 15.1 Å². The minimum Gasteiger partial charge on any atom is -0.449 e. The van der Waals surface area contributed by atoms with E-state index < -0.39 is 23.2 Å². The van der Waals surface area contributed by atoms with Crippen LogP contribution in [0.5, 0.6) is 11.5 Å². The average molecular weight is 434 g/mol. The van der Waals surface area contributed by atoms with Crippen molar-refractivity contribution in [1.29, 1.82) is 0 Å². The van der Waals surface area contributed by atoms with Crippen molar-refractivity contribution in [3.05, 3.63) is 56.1 Å². The lowest BCUT2D eigenvalue weighted by molar-refractivity contribution is -0.142. The molecule has 3 aromatic rings. The number of aryl methyl sites for hydroxylation is 1. The van der Waals surface area contributed by atoms with Crippen molar-refractivity contribution >= 4 is 23.2 Å². The largest absolute Gasteiger partial charge is 0.449 e. The van der Waals surface area contributed by atoms with E-state index in [1.807, 2.05) is 6.92 Å². The number of ether oxygens (including phenoxy) is 1. The molecular formula is C17H12Cl2F3N3O3. The van der Waals surface area contributed by atoms with Gasteiger partial charge in [-0.25, -0.2) is 4.98 Å². The molecule has 0 radical (unpaired) electrons. The van der Waals surface area contributed by atoms with Crippen LogP contribution in [-0.2, 0) is 12.6 Å². The molecule has 0 saturated carbocycles. The molecule has 0 spiro atoms. The highest BCUT2D eigenvalue weighted by molar-refractivity contribution is 6.42. The van der Waals surface area contributed by atoms with Crippen molar-refractivity contribution in [3.63, 3.8) is 0 Å². The van der Waals surface area contributed by atoms with Gasteiger partial charge in [0.25, 0.3) is 5.56 Å². The Labute approximate surface area is 166 Å². The highest BCUT2D eigenvalue weighted by Crippen LogP contribution is 2.36. The maximum absolute atomic E-state index is 13.5. The van der Waals surface area contributed by atoms with E-state index in [9.17, 15) is 18.0 Å². The maximum Gasteiger partial charge on any atom is 0.437 e. The van der Waals surface area contributed by atoms with Gasteiger partial charge in [-0.15, -0.1) is 0 Å². The minimum absolute atomic E-state index is 0.0212. The lowest BCUT2D eigenvalue weighted by Crippen LogP contribution is -2.20. The number of rotatable bonds is 5. The fraction of sp³-hybridized carbons (Fsp3) is 0.235. The molecule has 0 bridgehead atoms. The first-order chi connectivity index (χ1) is 13.2. The summed E-state index contributed by atoms with van der Waals surface area (Å²) >= 11 is 11.6. The summed E-state index contributed by atoms with van der Waals surface area (Å²) in [6.07, 6.45) is -3.66. The number of hydrogen-bond donors (Lipinski definition) is 1. The molecular weight excluding hydrogens is 422 g/mol. The van der Waals surface area contributed by atoms with E-state index in [0.29, 0.717) is 12.2 Å². The molecule has 0 amide bonds. The van der Waals surface area contributed by atoms with Gasteiger partial charge in [-0.2, -0.15) is 13.2 Å². The molecule has 148 valence electrons. The fourth-order valence-electron chi connectivity index (χ4n) is 2.32. The summed E-state index contributed by atoms with van der Waals surface area (Å²) in [7, 11) is 0. The number of aromatic amines is 1. The lowest BCUT2D eigenvalue weighted by atomic mass is 10.2. The smallest absolute Gasteiger partial charge is 0.437 e. The molecule has 0 aliphatic carbocycles. The number of nitrogens with zero attached hydrogens (tertiary/aromatic N) is 2. The number of H-pyrrole nitrogens is 1. The van der Waals surface area contributed by atoms with Crippen LogP contribution in [0.3, 0.4) is 0 Å². The van der Waals surface area contributed by atoms with Crippen molar-refractivity contribution in [2.75, 3.05) is 0 Å². The predicted molar refractivity (Wildman–Crippen MR) is 95.9 cm³/mol. The van der Waals surface area contributed by atoms with E-state index >= 15 is 0 Å². The van der Waals surface area contributed by atoms with Crippen LogP contribution in [0.1, 0.15) is 24.8 Å². The molecule has 3 rings (SSSR count). The second-order valence-electron chi connectivity index (χ2n) is 5.70. The topological polar surface area (TPSA) is 81.0 Å². The lowest BCUT2D eigenvalue weighted by Gasteiger charge is -2.13. The van der Waals surface area contributed by atoms with Gasteiger partial charge in [-0.05, 0) is 18.6 Å². The van der Waals surface area contributed by atoms with Crippen molar-refractivity contribution in [2.45, 2.75) is 25.9 Å². The summed E-state index contributed by atoms with van der Waals surface area (Å²) < 4.78 is 50.7. The third-order valence-electron chi connectivity index (χ3n) is 3.55. The Hall–Kier alpha value is -2.52. The van der Waals surface area contributed by atoms with Gasteiger partial charge in [0.15, 0.2) is 11.5 Å². The molecule has 0 aliphatic heterocycles. The molecule has 0 unspecified atom stereocenters. The molecule has 1 N–H and O–H groups in total. The Kier molecular flexibility index (Phi) is 5.66. The average Bonchev–Trinajstić information content (AvgIpc) is 3.07. The Morgan fingerprint density at radius 3 is 2.61 bits per heavy atom. The summed E-state index contributed by atoms with van der Waals surface area (Å²) in [5.74, 6) is -1.05. The quantitative estimate of drug-likeness (QED) is 0.574. The van der Waals surface area contributed by atoms with E-state index in [0.717, 1.165) is 6.42 Å². The van der Waals surface area contributed by atoms with E-state index in [1.165, 1.54) is 24.3 Å². The van der Waals surface area contributed by atoms with Crippen LogP contribution < -0.4 is 10.3 Å². The summed E-state index contributed by atoms with van der Waals surface area (Å²) in [4.78, 5) is 18.1. The Bertz CT molecular complexity index is 1060. The first kappa shape index (κ1) is 20.2. The van der Waals surface area contributed by atoms with Crippen molar-refractivity contribution < 1.29 is 22.4 Å². The van der Waals surface area contributed by atoms with Gasteiger partial charge in [0, 0.05) is 18.6 Å². The van der Waals surface area contributed by atoms with Crippen LogP contribution in [0.25, 0.3) is 11.5 Å². The van der Waals surface area contributed by atoms with E-state index in [4.69, 9.17) is 32.5 Å². The Balaban J connectivity index is 2.07. The monoisotopic (exact) mass is 433 g/mol. The molecule has 28 heavy (non-hydrogen) atoms. The number of aromatic nitrogens is 3. The number of benzene rings is 1. The van der Waals surface area contributed by atoms with Crippen molar-refractivity contribution in [3.8, 4) is 23.0 Å². The zero-order valence-corrected chi connectivity index (χ0v) is 15.7. The van der Waals surface area contributed by atoms with Gasteiger partial charge in [-0.1, -0.05) is 35.3 Å². The normalized spacial score (nSPS) is 11.6. The molecule has 1 aromatic carbocycles. The third kappa shape index (κ3) is 4.31. The van der Waals surface area contributed by atoms with Crippen LogP contribution in [-0.4, -0.2) is 15.1 Å². The summed E-state index contributed by atoms with van der Waals surface area (Å²) in [6.45, 7) is 1.90. The number of hydrogen-bond acceptors (Lipinski definition) is 5. The third-order valence-corrected chi connectivity index (χ3v) is 4.29. The Morgan fingerprint density at radius 1 is 1.21 bits per heavy atom. The van der Waals surface area contributed by atoms with Crippen LogP contribution in [0.15, 0.2) is 33.6 Å². The predicted octanol–water partition coefficient (Wildman–Crippen LogP) is 5.50. The number of nitrogens with one attached hydrogen (secondary N) is 1. The van der Waals surface area contributed by atoms with Gasteiger partial charge in [-0.3, -0.25) is 4.79 Å². The second kappa shape index (κ2) is 7.84. The van der Waals surface area contributed by atoms with Gasteiger partial charge in [0.05, 0.1) is 10.0 Å². The molecule has 11 heteroatoms. The zero-order valence-electron chi connectivity index (χ0n) is 14.2. The van der Waals surface area contributed by atoms with Gasteiger partial charge >= 0.3 is 6.18 Å². The molecule has 0 saturated heterocycles. The van der Waals surface area contributed by atoms with Crippen LogP contribution in [0, 0.1) is 0 Å². The summed E-state index contributed by atoms with van der Waals surface area (Å²) in [6, 6.07) is 5.21. The SMILES string of the molecule is CCCc1cc(-c2nc(C(F)(F)F)c(Oc3ccc(Cl)c(Cl)c3)c(=O)[nH]2)no1. The van der Waals surface area contributed by atoms with Gasteiger partial charge < -0.3 is 14.2 Å². The van der Waals surface area contributed by atoms with Gasteiger partial charge in [0.1, 0.15) is 17.2 Å². The van der Waals surface area contributed by atoms with Gasteiger partial charge in [0.2, 0.25) is 5.75 Å². The molecule has 0 fully saturated rings. The molecule has 0 aliphatic rings. The van der Waals surface area contributed by atoms with E-state index in [-0.39, 0.29) is 27.3 Å². The van der Waals surface area contributed by atoms with Crippen LogP contribution in [0.2, 0.25) is 10.0 Å². The maximum atomic E-state index is 13.5.